The number of carbonyl (C=O) groups excluding carboxylic acids is 2. The Balaban J connectivity index is 1.95. The molecule has 0 saturated carbocycles. The summed E-state index contributed by atoms with van der Waals surface area (Å²) in [5, 5.41) is 0. The molecule has 0 amide bonds. The van der Waals surface area contributed by atoms with Gasteiger partial charge in [0.1, 0.15) is 0 Å². The van der Waals surface area contributed by atoms with Gasteiger partial charge in [-0.3, -0.25) is 9.59 Å². The van der Waals surface area contributed by atoms with Gasteiger partial charge >= 0.3 is 0 Å². The first kappa shape index (κ1) is 15.8. The van der Waals surface area contributed by atoms with Crippen molar-refractivity contribution in [3.8, 4) is 0 Å². The van der Waals surface area contributed by atoms with Gasteiger partial charge in [-0.1, -0.05) is 24.3 Å². The molecule has 0 heterocycles. The minimum atomic E-state index is 0.0271. The van der Waals surface area contributed by atoms with Crippen LogP contribution in [0.4, 0.5) is 0 Å². The predicted molar refractivity (Wildman–Crippen MR) is 85.7 cm³/mol. The van der Waals surface area contributed by atoms with Crippen molar-refractivity contribution in [3.63, 3.8) is 0 Å². The van der Waals surface area contributed by atoms with Crippen molar-refractivity contribution < 1.29 is 13.2 Å². The number of rotatable bonds is 6. The van der Waals surface area contributed by atoms with E-state index in [0.717, 1.165) is 9.79 Å². The Morgan fingerprint density at radius 2 is 1.24 bits per heavy atom. The lowest BCUT2D eigenvalue weighted by molar-refractivity contribution is 0.100. The van der Waals surface area contributed by atoms with Crippen LogP contribution in [0.25, 0.3) is 0 Å². The summed E-state index contributed by atoms with van der Waals surface area (Å²) in [5.41, 5.74) is 1.32. The van der Waals surface area contributed by atoms with E-state index in [1.807, 2.05) is 24.3 Å². The van der Waals surface area contributed by atoms with Crippen molar-refractivity contribution in [2.24, 2.45) is 0 Å². The summed E-state index contributed by atoms with van der Waals surface area (Å²) in [6.07, 6.45) is 0. The van der Waals surface area contributed by atoms with Gasteiger partial charge in [0.2, 0.25) is 0 Å². The average molecular weight is 318 g/mol. The van der Waals surface area contributed by atoms with Gasteiger partial charge in [-0.05, 0) is 38.1 Å². The molecule has 0 aliphatic rings. The Labute approximate surface area is 132 Å². The molecular formula is C16H14O3S2. The second-order valence-electron chi connectivity index (χ2n) is 4.40. The fourth-order valence-electron chi connectivity index (χ4n) is 1.63. The third-order valence-corrected chi connectivity index (χ3v) is 4.18. The van der Waals surface area contributed by atoms with Gasteiger partial charge in [0.05, 0.1) is 0 Å². The summed E-state index contributed by atoms with van der Waals surface area (Å²) < 4.78 is 5.49. The molecule has 0 N–H and O–H groups in total. The molecule has 2 rings (SSSR count). The van der Waals surface area contributed by atoms with E-state index in [1.165, 1.54) is 37.9 Å². The van der Waals surface area contributed by atoms with E-state index in [4.69, 9.17) is 3.63 Å². The summed E-state index contributed by atoms with van der Waals surface area (Å²) in [7, 11) is 0. The first-order chi connectivity index (χ1) is 10.1. The average Bonchev–Trinajstić information content (AvgIpc) is 2.48. The number of Topliss-reactive ketones (excluding diaryl/α,β-unsaturated/α-hetero) is 2. The fraction of sp³-hybridized carbons (Fsp3) is 0.125. The van der Waals surface area contributed by atoms with Gasteiger partial charge < -0.3 is 0 Å². The topological polar surface area (TPSA) is 43.4 Å². The number of hydrogen-bond acceptors (Lipinski definition) is 5. The van der Waals surface area contributed by atoms with Crippen LogP contribution in [-0.2, 0) is 3.63 Å². The molecule has 108 valence electrons. The molecule has 5 heteroatoms. The lowest BCUT2D eigenvalue weighted by Gasteiger charge is -2.04. The van der Waals surface area contributed by atoms with Crippen molar-refractivity contribution in [1.82, 2.24) is 0 Å². The molecule has 0 aliphatic heterocycles. The number of carbonyl (C=O) groups is 2. The SMILES string of the molecule is CC(=O)c1cccc(SOSc2cccc(C(C)=O)c2)c1. The first-order valence-corrected chi connectivity index (χ1v) is 7.78. The van der Waals surface area contributed by atoms with Gasteiger partial charge in [-0.25, -0.2) is 3.63 Å². The third-order valence-electron chi connectivity index (χ3n) is 2.74. The quantitative estimate of drug-likeness (QED) is 0.564. The standard InChI is InChI=1S/C16H14O3S2/c1-11(17)13-5-3-7-15(9-13)20-19-21-16-8-4-6-14(10-16)12(2)18/h3-10H,1-2H3. The monoisotopic (exact) mass is 318 g/mol. The van der Waals surface area contributed by atoms with E-state index in [-0.39, 0.29) is 11.6 Å². The van der Waals surface area contributed by atoms with E-state index >= 15 is 0 Å². The summed E-state index contributed by atoms with van der Waals surface area (Å²) in [4.78, 5) is 24.3. The van der Waals surface area contributed by atoms with Crippen molar-refractivity contribution >= 4 is 35.7 Å². The highest BCUT2D eigenvalue weighted by molar-refractivity contribution is 8.07. The van der Waals surface area contributed by atoms with Gasteiger partial charge in [-0.15, -0.1) is 0 Å². The molecule has 0 bridgehead atoms. The molecule has 21 heavy (non-hydrogen) atoms. The molecule has 0 unspecified atom stereocenters. The molecular weight excluding hydrogens is 304 g/mol. The Morgan fingerprint density at radius 1 is 0.810 bits per heavy atom. The minimum absolute atomic E-state index is 0.0271. The maximum absolute atomic E-state index is 11.3. The Kier molecular flexibility index (Phi) is 5.61. The highest BCUT2D eigenvalue weighted by Crippen LogP contribution is 2.30. The van der Waals surface area contributed by atoms with E-state index in [9.17, 15) is 9.59 Å². The normalized spacial score (nSPS) is 10.4. The number of hydrogen-bond donors (Lipinski definition) is 0. The molecule has 0 atom stereocenters. The molecule has 2 aromatic rings. The summed E-state index contributed by atoms with van der Waals surface area (Å²) >= 11 is 2.37. The minimum Gasteiger partial charge on any atom is -0.295 e. The molecule has 0 aromatic heterocycles. The molecule has 3 nitrogen and oxygen atoms in total. The van der Waals surface area contributed by atoms with Crippen LogP contribution in [0.1, 0.15) is 34.6 Å². The van der Waals surface area contributed by atoms with Gasteiger partial charge in [0.25, 0.3) is 0 Å². The van der Waals surface area contributed by atoms with Crippen molar-refractivity contribution in [2.75, 3.05) is 0 Å². The van der Waals surface area contributed by atoms with Crippen LogP contribution in [0.2, 0.25) is 0 Å². The van der Waals surface area contributed by atoms with Crippen molar-refractivity contribution in [1.29, 1.82) is 0 Å². The van der Waals surface area contributed by atoms with E-state index in [0.29, 0.717) is 11.1 Å². The molecule has 0 fully saturated rings. The molecule has 0 aliphatic carbocycles. The summed E-state index contributed by atoms with van der Waals surface area (Å²) in [5.74, 6) is 0.0542. The largest absolute Gasteiger partial charge is 0.295 e. The smallest absolute Gasteiger partial charge is 0.159 e. The van der Waals surface area contributed by atoms with E-state index < -0.39 is 0 Å². The van der Waals surface area contributed by atoms with Crippen LogP contribution in [-0.4, -0.2) is 11.6 Å². The maximum atomic E-state index is 11.3. The predicted octanol–water partition coefficient (Wildman–Crippen LogP) is 4.82. The first-order valence-electron chi connectivity index (χ1n) is 6.29. The fourth-order valence-corrected chi connectivity index (χ4v) is 3.01. The zero-order valence-corrected chi connectivity index (χ0v) is 13.3. The molecule has 0 spiro atoms. The van der Waals surface area contributed by atoms with Crippen LogP contribution in [0.5, 0.6) is 0 Å². The van der Waals surface area contributed by atoms with Crippen LogP contribution >= 0.6 is 24.1 Å². The van der Waals surface area contributed by atoms with Crippen LogP contribution in [0.3, 0.4) is 0 Å². The van der Waals surface area contributed by atoms with Gasteiger partial charge in [-0.2, -0.15) is 0 Å². The molecule has 0 saturated heterocycles. The Morgan fingerprint density at radius 3 is 1.62 bits per heavy atom. The lowest BCUT2D eigenvalue weighted by Crippen LogP contribution is -1.91. The lowest BCUT2D eigenvalue weighted by atomic mass is 10.2. The Bertz CT molecular complexity index is 611. The second kappa shape index (κ2) is 7.45. The van der Waals surface area contributed by atoms with Crippen LogP contribution in [0.15, 0.2) is 58.3 Å². The summed E-state index contributed by atoms with van der Waals surface area (Å²) in [6, 6.07) is 14.5. The molecule has 0 radical (unpaired) electrons. The van der Waals surface area contributed by atoms with E-state index in [1.54, 1.807) is 24.3 Å². The van der Waals surface area contributed by atoms with Crippen molar-refractivity contribution in [2.45, 2.75) is 23.6 Å². The van der Waals surface area contributed by atoms with Crippen LogP contribution < -0.4 is 0 Å². The van der Waals surface area contributed by atoms with Crippen LogP contribution in [0, 0.1) is 0 Å². The molecule has 2 aromatic carbocycles. The maximum Gasteiger partial charge on any atom is 0.159 e. The van der Waals surface area contributed by atoms with Crippen molar-refractivity contribution in [3.05, 3.63) is 59.7 Å². The zero-order valence-electron chi connectivity index (χ0n) is 11.7. The number of benzene rings is 2. The zero-order chi connectivity index (χ0) is 15.2. The number of ketones is 2. The Hall–Kier alpha value is -1.56. The third kappa shape index (κ3) is 4.74. The summed E-state index contributed by atoms with van der Waals surface area (Å²) in [6.45, 7) is 3.07. The second-order valence-corrected chi connectivity index (χ2v) is 6.22. The highest BCUT2D eigenvalue weighted by Gasteiger charge is 2.04. The van der Waals surface area contributed by atoms with Gasteiger partial charge in [0, 0.05) is 45.0 Å². The van der Waals surface area contributed by atoms with E-state index in [2.05, 4.69) is 0 Å². The highest BCUT2D eigenvalue weighted by atomic mass is 32.2. The van der Waals surface area contributed by atoms with Gasteiger partial charge in [0.15, 0.2) is 11.6 Å².